The molecule has 98 valence electrons. The summed E-state index contributed by atoms with van der Waals surface area (Å²) in [6.07, 6.45) is 0. The minimum Gasteiger partial charge on any atom is -0.379 e. The highest BCUT2D eigenvalue weighted by Crippen LogP contribution is 2.16. The van der Waals surface area contributed by atoms with Crippen molar-refractivity contribution in [1.82, 2.24) is 10.6 Å². The van der Waals surface area contributed by atoms with Gasteiger partial charge in [0.25, 0.3) is 0 Å². The van der Waals surface area contributed by atoms with Crippen molar-refractivity contribution in [2.75, 3.05) is 26.8 Å². The Morgan fingerprint density at radius 1 is 1.41 bits per heavy atom. The molecular weight excluding hydrogens is 222 g/mol. The smallest absolute Gasteiger partial charge is 0.227 e. The maximum Gasteiger partial charge on any atom is 0.227 e. The summed E-state index contributed by atoms with van der Waals surface area (Å²) in [5.74, 6) is -0.731. The first-order valence-corrected chi connectivity index (χ1v) is 5.71. The maximum absolute atomic E-state index is 11.9. The summed E-state index contributed by atoms with van der Waals surface area (Å²) < 4.78 is 5.25. The SMILES string of the molecule is CNC1COCC1C(=O)NCC(C)(C)C(N)=O. The molecule has 1 saturated heterocycles. The lowest BCUT2D eigenvalue weighted by Crippen LogP contribution is -2.47. The summed E-state index contributed by atoms with van der Waals surface area (Å²) in [5, 5.41) is 5.79. The number of rotatable bonds is 5. The van der Waals surface area contributed by atoms with Crippen LogP contribution in [0.2, 0.25) is 0 Å². The van der Waals surface area contributed by atoms with Crippen LogP contribution in [0, 0.1) is 11.3 Å². The second-order valence-electron chi connectivity index (χ2n) is 5.01. The van der Waals surface area contributed by atoms with Crippen LogP contribution < -0.4 is 16.4 Å². The fraction of sp³-hybridized carbons (Fsp3) is 0.818. The highest BCUT2D eigenvalue weighted by atomic mass is 16.5. The van der Waals surface area contributed by atoms with E-state index in [9.17, 15) is 9.59 Å². The molecule has 0 bridgehead atoms. The number of amides is 2. The predicted octanol–water partition coefficient (Wildman–Crippen LogP) is -1.15. The van der Waals surface area contributed by atoms with Crippen molar-refractivity contribution in [3.05, 3.63) is 0 Å². The van der Waals surface area contributed by atoms with Crippen molar-refractivity contribution in [3.63, 3.8) is 0 Å². The van der Waals surface area contributed by atoms with Gasteiger partial charge in [0.2, 0.25) is 11.8 Å². The van der Waals surface area contributed by atoms with E-state index in [2.05, 4.69) is 10.6 Å². The number of nitrogens with two attached hydrogens (primary N) is 1. The number of ether oxygens (including phenoxy) is 1. The molecule has 1 aliphatic heterocycles. The minimum absolute atomic E-state index is 0.0340. The maximum atomic E-state index is 11.9. The van der Waals surface area contributed by atoms with Crippen LogP contribution in [0.4, 0.5) is 0 Å². The Bertz CT molecular complexity index is 304. The zero-order valence-corrected chi connectivity index (χ0v) is 10.6. The molecule has 2 atom stereocenters. The predicted molar refractivity (Wildman–Crippen MR) is 63.1 cm³/mol. The van der Waals surface area contributed by atoms with E-state index in [4.69, 9.17) is 10.5 Å². The fourth-order valence-electron chi connectivity index (χ4n) is 1.62. The highest BCUT2D eigenvalue weighted by molar-refractivity contribution is 5.83. The summed E-state index contributed by atoms with van der Waals surface area (Å²) in [7, 11) is 1.80. The standard InChI is InChI=1S/C11H21N3O3/c1-11(2,10(12)16)6-14-9(15)7-4-17-5-8(7)13-3/h7-8,13H,4-6H2,1-3H3,(H2,12,16)(H,14,15). The molecule has 0 aromatic rings. The Morgan fingerprint density at radius 3 is 2.59 bits per heavy atom. The summed E-state index contributed by atoms with van der Waals surface area (Å²) in [6, 6.07) is 0.0340. The lowest BCUT2D eigenvalue weighted by Gasteiger charge is -2.23. The minimum atomic E-state index is -0.732. The fourth-order valence-corrected chi connectivity index (χ4v) is 1.62. The Labute approximate surface area is 101 Å². The topological polar surface area (TPSA) is 93.4 Å². The van der Waals surface area contributed by atoms with Gasteiger partial charge in [-0.25, -0.2) is 0 Å². The lowest BCUT2D eigenvalue weighted by molar-refractivity contribution is -0.128. The van der Waals surface area contributed by atoms with Crippen LogP contribution in [-0.2, 0) is 14.3 Å². The van der Waals surface area contributed by atoms with Gasteiger partial charge in [0.05, 0.1) is 24.5 Å². The van der Waals surface area contributed by atoms with Gasteiger partial charge < -0.3 is 21.1 Å². The first kappa shape index (κ1) is 13.9. The largest absolute Gasteiger partial charge is 0.379 e. The van der Waals surface area contributed by atoms with E-state index in [1.165, 1.54) is 0 Å². The molecule has 1 rings (SSSR count). The van der Waals surface area contributed by atoms with E-state index >= 15 is 0 Å². The van der Waals surface area contributed by atoms with E-state index in [0.29, 0.717) is 13.2 Å². The van der Waals surface area contributed by atoms with Gasteiger partial charge in [-0.3, -0.25) is 9.59 Å². The van der Waals surface area contributed by atoms with E-state index in [-0.39, 0.29) is 24.4 Å². The van der Waals surface area contributed by atoms with Gasteiger partial charge in [0.1, 0.15) is 0 Å². The molecule has 1 fully saturated rings. The highest BCUT2D eigenvalue weighted by Gasteiger charge is 2.34. The molecule has 0 aromatic carbocycles. The number of primary amides is 1. The average molecular weight is 243 g/mol. The second kappa shape index (κ2) is 5.46. The number of nitrogens with one attached hydrogen (secondary N) is 2. The normalized spacial score (nSPS) is 24.6. The molecule has 2 amide bonds. The van der Waals surface area contributed by atoms with Gasteiger partial charge in [-0.15, -0.1) is 0 Å². The zero-order chi connectivity index (χ0) is 13.1. The van der Waals surface area contributed by atoms with Gasteiger partial charge >= 0.3 is 0 Å². The Hall–Kier alpha value is -1.14. The van der Waals surface area contributed by atoms with Crippen LogP contribution >= 0.6 is 0 Å². The van der Waals surface area contributed by atoms with E-state index < -0.39 is 11.3 Å². The van der Waals surface area contributed by atoms with Crippen molar-refractivity contribution in [1.29, 1.82) is 0 Å². The third-order valence-corrected chi connectivity index (χ3v) is 3.16. The van der Waals surface area contributed by atoms with Gasteiger partial charge in [-0.1, -0.05) is 0 Å². The molecule has 2 unspecified atom stereocenters. The Balaban J connectivity index is 2.47. The van der Waals surface area contributed by atoms with Gasteiger partial charge in [-0.05, 0) is 20.9 Å². The van der Waals surface area contributed by atoms with E-state index in [1.807, 2.05) is 0 Å². The monoisotopic (exact) mass is 243 g/mol. The number of carbonyl (C=O) groups is 2. The molecule has 1 aliphatic rings. The number of carbonyl (C=O) groups excluding carboxylic acids is 2. The van der Waals surface area contributed by atoms with Crippen molar-refractivity contribution in [3.8, 4) is 0 Å². The molecular formula is C11H21N3O3. The second-order valence-corrected chi connectivity index (χ2v) is 5.01. The van der Waals surface area contributed by atoms with Crippen molar-refractivity contribution in [2.24, 2.45) is 17.1 Å². The summed E-state index contributed by atoms with van der Waals surface area (Å²) >= 11 is 0. The third-order valence-electron chi connectivity index (χ3n) is 3.16. The van der Waals surface area contributed by atoms with Crippen molar-refractivity contribution >= 4 is 11.8 Å². The molecule has 0 aromatic heterocycles. The van der Waals surface area contributed by atoms with Gasteiger partial charge in [0, 0.05) is 12.6 Å². The first-order valence-electron chi connectivity index (χ1n) is 5.71. The number of hydrogen-bond acceptors (Lipinski definition) is 4. The molecule has 17 heavy (non-hydrogen) atoms. The average Bonchev–Trinajstić information content (AvgIpc) is 2.73. The summed E-state index contributed by atoms with van der Waals surface area (Å²) in [5.41, 5.74) is 4.50. The molecule has 0 spiro atoms. The van der Waals surface area contributed by atoms with Gasteiger partial charge in [0.15, 0.2) is 0 Å². The van der Waals surface area contributed by atoms with Crippen molar-refractivity contribution in [2.45, 2.75) is 19.9 Å². The molecule has 6 nitrogen and oxygen atoms in total. The molecule has 4 N–H and O–H groups in total. The van der Waals surface area contributed by atoms with Crippen LogP contribution in [0.5, 0.6) is 0 Å². The quantitative estimate of drug-likeness (QED) is 0.568. The zero-order valence-electron chi connectivity index (χ0n) is 10.6. The molecule has 6 heteroatoms. The van der Waals surface area contributed by atoms with E-state index in [1.54, 1.807) is 20.9 Å². The third kappa shape index (κ3) is 3.41. The first-order chi connectivity index (χ1) is 7.88. The lowest BCUT2D eigenvalue weighted by atomic mass is 9.92. The van der Waals surface area contributed by atoms with Crippen LogP contribution in [0.15, 0.2) is 0 Å². The Morgan fingerprint density at radius 2 is 2.06 bits per heavy atom. The van der Waals surface area contributed by atoms with Crippen LogP contribution in [0.1, 0.15) is 13.8 Å². The molecule has 0 aliphatic carbocycles. The summed E-state index contributed by atoms with van der Waals surface area (Å²) in [6.45, 7) is 4.60. The van der Waals surface area contributed by atoms with Crippen LogP contribution in [-0.4, -0.2) is 44.7 Å². The van der Waals surface area contributed by atoms with Crippen LogP contribution in [0.25, 0.3) is 0 Å². The van der Waals surface area contributed by atoms with E-state index in [0.717, 1.165) is 0 Å². The number of likely N-dealkylation sites (N-methyl/N-ethyl adjacent to an activating group) is 1. The van der Waals surface area contributed by atoms with Crippen molar-refractivity contribution < 1.29 is 14.3 Å². The Kier molecular flexibility index (Phi) is 4.47. The number of hydrogen-bond donors (Lipinski definition) is 3. The van der Waals surface area contributed by atoms with Crippen LogP contribution in [0.3, 0.4) is 0 Å². The molecule has 1 heterocycles. The molecule has 0 saturated carbocycles. The molecule has 0 radical (unpaired) electrons. The van der Waals surface area contributed by atoms with Gasteiger partial charge in [-0.2, -0.15) is 0 Å². The summed E-state index contributed by atoms with van der Waals surface area (Å²) in [4.78, 5) is 23.0.